The summed E-state index contributed by atoms with van der Waals surface area (Å²) in [6.45, 7) is 0.581. The van der Waals surface area contributed by atoms with E-state index in [1.165, 1.54) is 11.9 Å². The van der Waals surface area contributed by atoms with E-state index >= 15 is 0 Å². The van der Waals surface area contributed by atoms with Gasteiger partial charge in [-0.3, -0.25) is 10.1 Å². The molecule has 0 aliphatic carbocycles. The van der Waals surface area contributed by atoms with E-state index in [1.54, 1.807) is 18.4 Å². The Morgan fingerprint density at radius 1 is 1.42 bits per heavy atom. The predicted octanol–water partition coefficient (Wildman–Crippen LogP) is 2.14. The van der Waals surface area contributed by atoms with Crippen LogP contribution in [0.4, 0.5) is 17.3 Å². The highest BCUT2D eigenvalue weighted by atomic mass is 32.1. The van der Waals surface area contributed by atoms with Crippen LogP contribution in [0.5, 0.6) is 0 Å². The molecule has 0 aromatic carbocycles. The molecule has 2 aromatic rings. The predicted molar refractivity (Wildman–Crippen MR) is 74.7 cm³/mol. The van der Waals surface area contributed by atoms with Crippen molar-refractivity contribution in [2.45, 2.75) is 6.42 Å². The van der Waals surface area contributed by atoms with Crippen LogP contribution in [0, 0.1) is 10.1 Å². The highest BCUT2D eigenvalue weighted by Gasteiger charge is 2.21. The number of thiophene rings is 1. The quantitative estimate of drug-likeness (QED) is 0.621. The van der Waals surface area contributed by atoms with Crippen LogP contribution in [0.25, 0.3) is 0 Å². The lowest BCUT2D eigenvalue weighted by atomic mass is 10.2. The molecule has 0 aliphatic heterocycles. The van der Waals surface area contributed by atoms with E-state index in [0.717, 1.165) is 6.42 Å². The van der Waals surface area contributed by atoms with Gasteiger partial charge >= 0.3 is 5.69 Å². The molecule has 0 bridgehead atoms. The fourth-order valence-electron chi connectivity index (χ4n) is 1.62. The first-order valence-electron chi connectivity index (χ1n) is 5.64. The molecule has 8 heteroatoms. The molecule has 0 radical (unpaired) electrons. The van der Waals surface area contributed by atoms with Gasteiger partial charge in [-0.15, -0.1) is 0 Å². The topological polar surface area (TPSA) is 93.0 Å². The van der Waals surface area contributed by atoms with Crippen LogP contribution in [0.1, 0.15) is 5.56 Å². The third-order valence-corrected chi connectivity index (χ3v) is 3.26. The molecule has 7 nitrogen and oxygen atoms in total. The summed E-state index contributed by atoms with van der Waals surface area (Å²) < 4.78 is 0. The average molecular weight is 279 g/mol. The summed E-state index contributed by atoms with van der Waals surface area (Å²) in [7, 11) is 1.59. The molecule has 2 rings (SSSR count). The number of nitrogens with zero attached hydrogens (tertiary/aromatic N) is 3. The lowest BCUT2D eigenvalue weighted by molar-refractivity contribution is -0.383. The fraction of sp³-hybridized carbons (Fsp3) is 0.273. The molecule has 2 heterocycles. The van der Waals surface area contributed by atoms with E-state index in [2.05, 4.69) is 26.0 Å². The average Bonchev–Trinajstić information content (AvgIpc) is 2.91. The van der Waals surface area contributed by atoms with Crippen molar-refractivity contribution in [1.82, 2.24) is 9.97 Å². The molecular formula is C11H13N5O2S. The van der Waals surface area contributed by atoms with E-state index < -0.39 is 4.92 Å². The van der Waals surface area contributed by atoms with Gasteiger partial charge in [0.25, 0.3) is 0 Å². The first-order valence-corrected chi connectivity index (χ1v) is 6.58. The van der Waals surface area contributed by atoms with Crippen LogP contribution >= 0.6 is 11.3 Å². The molecule has 100 valence electrons. The summed E-state index contributed by atoms with van der Waals surface area (Å²) in [5, 5.41) is 20.8. The molecule has 2 aromatic heterocycles. The Morgan fingerprint density at radius 2 is 2.21 bits per heavy atom. The standard InChI is InChI=1S/C11H13N5O2S/c1-12-10-9(16(17)18)11(15-7-14-10)13-4-2-8-3-5-19-6-8/h3,5-7H,2,4H2,1H3,(H2,12,13,14,15). The molecule has 0 saturated carbocycles. The molecule has 19 heavy (non-hydrogen) atoms. The number of nitrogens with one attached hydrogen (secondary N) is 2. The van der Waals surface area contributed by atoms with Crippen LogP contribution in [0.3, 0.4) is 0 Å². The number of anilines is 2. The van der Waals surface area contributed by atoms with Crippen LogP contribution in [0.2, 0.25) is 0 Å². The second kappa shape index (κ2) is 6.10. The Morgan fingerprint density at radius 3 is 2.84 bits per heavy atom. The largest absolute Gasteiger partial charge is 0.367 e. The van der Waals surface area contributed by atoms with E-state index in [0.29, 0.717) is 6.54 Å². The summed E-state index contributed by atoms with van der Waals surface area (Å²) in [5.41, 5.74) is 1.07. The van der Waals surface area contributed by atoms with Gasteiger partial charge in [-0.05, 0) is 28.8 Å². The first-order chi connectivity index (χ1) is 9.22. The van der Waals surface area contributed by atoms with Crippen molar-refractivity contribution in [1.29, 1.82) is 0 Å². The minimum atomic E-state index is -0.487. The highest BCUT2D eigenvalue weighted by molar-refractivity contribution is 7.07. The van der Waals surface area contributed by atoms with Crippen LogP contribution in [-0.2, 0) is 6.42 Å². The van der Waals surface area contributed by atoms with Crippen molar-refractivity contribution in [3.63, 3.8) is 0 Å². The summed E-state index contributed by atoms with van der Waals surface area (Å²) in [5.74, 6) is 0.442. The second-order valence-electron chi connectivity index (χ2n) is 3.73. The zero-order valence-corrected chi connectivity index (χ0v) is 11.1. The molecule has 0 saturated heterocycles. The maximum absolute atomic E-state index is 11.0. The lowest BCUT2D eigenvalue weighted by Gasteiger charge is -2.07. The van der Waals surface area contributed by atoms with Gasteiger partial charge in [0.15, 0.2) is 0 Å². The zero-order chi connectivity index (χ0) is 13.7. The lowest BCUT2D eigenvalue weighted by Crippen LogP contribution is -2.10. The van der Waals surface area contributed by atoms with Gasteiger partial charge in [0.1, 0.15) is 6.33 Å². The Kier molecular flexibility index (Phi) is 4.24. The van der Waals surface area contributed by atoms with Gasteiger partial charge in [0.2, 0.25) is 11.6 Å². The molecule has 0 atom stereocenters. The zero-order valence-electron chi connectivity index (χ0n) is 10.3. The molecule has 2 N–H and O–H groups in total. The Balaban J connectivity index is 2.09. The normalized spacial score (nSPS) is 10.2. The van der Waals surface area contributed by atoms with Crippen LogP contribution in [-0.4, -0.2) is 28.5 Å². The highest BCUT2D eigenvalue weighted by Crippen LogP contribution is 2.28. The van der Waals surface area contributed by atoms with Crippen molar-refractivity contribution in [2.75, 3.05) is 24.2 Å². The van der Waals surface area contributed by atoms with E-state index in [9.17, 15) is 10.1 Å². The van der Waals surface area contributed by atoms with Gasteiger partial charge < -0.3 is 10.6 Å². The monoisotopic (exact) mass is 279 g/mol. The molecular weight excluding hydrogens is 266 g/mol. The van der Waals surface area contributed by atoms with Gasteiger partial charge in [-0.2, -0.15) is 11.3 Å². The number of rotatable bonds is 6. The van der Waals surface area contributed by atoms with E-state index in [-0.39, 0.29) is 17.3 Å². The summed E-state index contributed by atoms with van der Waals surface area (Å²) in [6, 6.07) is 2.03. The second-order valence-corrected chi connectivity index (χ2v) is 4.52. The summed E-state index contributed by atoms with van der Waals surface area (Å²) in [6.07, 6.45) is 2.09. The first kappa shape index (κ1) is 13.2. The minimum Gasteiger partial charge on any atom is -0.367 e. The van der Waals surface area contributed by atoms with Crippen LogP contribution in [0.15, 0.2) is 23.2 Å². The summed E-state index contributed by atoms with van der Waals surface area (Å²) in [4.78, 5) is 18.3. The third-order valence-electron chi connectivity index (χ3n) is 2.53. The van der Waals surface area contributed by atoms with Crippen molar-refractivity contribution < 1.29 is 4.92 Å². The number of aromatic nitrogens is 2. The van der Waals surface area contributed by atoms with E-state index in [1.807, 2.05) is 11.4 Å². The smallest absolute Gasteiger partial charge is 0.353 e. The third kappa shape index (κ3) is 3.16. The van der Waals surface area contributed by atoms with Crippen LogP contribution < -0.4 is 10.6 Å². The van der Waals surface area contributed by atoms with Crippen molar-refractivity contribution in [3.05, 3.63) is 38.8 Å². The molecule has 0 unspecified atom stereocenters. The Labute approximate surface area is 113 Å². The number of hydrogen-bond acceptors (Lipinski definition) is 7. The minimum absolute atomic E-state index is 0.129. The molecule has 0 fully saturated rings. The van der Waals surface area contributed by atoms with Crippen molar-refractivity contribution in [3.8, 4) is 0 Å². The SMILES string of the molecule is CNc1ncnc(NCCc2ccsc2)c1[N+](=O)[O-]. The Bertz CT molecular complexity index is 558. The molecule has 0 aliphatic rings. The van der Waals surface area contributed by atoms with Gasteiger partial charge in [-0.25, -0.2) is 9.97 Å². The summed E-state index contributed by atoms with van der Waals surface area (Å²) >= 11 is 1.63. The van der Waals surface area contributed by atoms with Gasteiger partial charge in [0.05, 0.1) is 4.92 Å². The Hall–Kier alpha value is -2.22. The van der Waals surface area contributed by atoms with E-state index in [4.69, 9.17) is 0 Å². The number of hydrogen-bond donors (Lipinski definition) is 2. The fourth-order valence-corrected chi connectivity index (χ4v) is 2.33. The number of nitro groups is 1. The van der Waals surface area contributed by atoms with Crippen molar-refractivity contribution >= 4 is 28.7 Å². The van der Waals surface area contributed by atoms with Gasteiger partial charge in [-0.1, -0.05) is 0 Å². The molecule has 0 amide bonds. The van der Waals surface area contributed by atoms with Gasteiger partial charge in [0, 0.05) is 13.6 Å². The maximum Gasteiger partial charge on any atom is 0.353 e. The molecule has 0 spiro atoms. The maximum atomic E-state index is 11.0. The van der Waals surface area contributed by atoms with Crippen molar-refractivity contribution in [2.24, 2.45) is 0 Å².